The summed E-state index contributed by atoms with van der Waals surface area (Å²) in [6.45, 7) is 9.76. The van der Waals surface area contributed by atoms with Crippen LogP contribution in [0.2, 0.25) is 0 Å². The number of rotatable bonds is 65. The number of carbonyl (C=O) groups excluding carboxylic acids is 15. The van der Waals surface area contributed by atoms with E-state index in [9.17, 15) is 156 Å². The molecule has 130 heavy (non-hydrogen) atoms. The van der Waals surface area contributed by atoms with E-state index in [1.54, 1.807) is 11.8 Å². The van der Waals surface area contributed by atoms with Crippen molar-refractivity contribution in [3.05, 3.63) is 35.4 Å². The third kappa shape index (κ3) is 45.2. The summed E-state index contributed by atoms with van der Waals surface area (Å²) in [6, 6.07) is -16.5. The summed E-state index contributed by atoms with van der Waals surface area (Å²) in [5.74, 6) is -30.0. The van der Waals surface area contributed by atoms with Gasteiger partial charge >= 0.3 is 53.7 Å². The van der Waals surface area contributed by atoms with E-state index in [1.807, 2.05) is 40.9 Å². The molecule has 13 amide bonds. The third-order valence-corrected chi connectivity index (χ3v) is 20.7. The molecule has 0 aliphatic carbocycles. The van der Waals surface area contributed by atoms with Crippen LogP contribution in [-0.2, 0) is 121 Å². The van der Waals surface area contributed by atoms with Gasteiger partial charge < -0.3 is 125 Å². The predicted octanol–water partition coefficient (Wildman–Crippen LogP) is -3.20. The molecule has 23 N–H and O–H groups in total. The number of Topliss-reactive ketones (excluding diaryl/α,β-unsaturated/α-hetero) is 2. The molecule has 1 fully saturated rings. The number of amides is 13. The van der Waals surface area contributed by atoms with Crippen LogP contribution in [0.15, 0.2) is 24.3 Å². The molecule has 0 unspecified atom stereocenters. The highest BCUT2D eigenvalue weighted by Crippen LogP contribution is 2.23. The minimum absolute atomic E-state index is 0.0959. The van der Waals surface area contributed by atoms with Gasteiger partial charge in [-0.25, -0.2) is 0 Å². The fraction of sp³-hybridized carbons (Fsp3) is 0.630. The van der Waals surface area contributed by atoms with Crippen LogP contribution in [0.4, 0.5) is 0 Å². The molecule has 13 atom stereocenters. The van der Waals surface area contributed by atoms with Gasteiger partial charge in [0.15, 0.2) is 11.6 Å². The second-order valence-electron chi connectivity index (χ2n) is 32.2. The topological polar surface area (TPSA) is 775 Å². The summed E-state index contributed by atoms with van der Waals surface area (Å²) in [7, 11) is 0. The first-order valence-corrected chi connectivity index (χ1v) is 43.0. The quantitative estimate of drug-likeness (QED) is 0.0226. The highest BCUT2D eigenvalue weighted by atomic mass is 32.2. The minimum Gasteiger partial charge on any atom is -0.481 e. The van der Waals surface area contributed by atoms with Gasteiger partial charge in [-0.1, -0.05) is 58.9 Å². The van der Waals surface area contributed by atoms with Crippen LogP contribution < -0.4 is 69.5 Å². The molecule has 2 rings (SSSR count). The van der Waals surface area contributed by atoms with Gasteiger partial charge in [0.1, 0.15) is 67.0 Å². The molecule has 1 aliphatic heterocycles. The van der Waals surface area contributed by atoms with Gasteiger partial charge in [0.05, 0.1) is 18.6 Å². The number of hydrogen-bond donors (Lipinski definition) is 22. The fourth-order valence-electron chi connectivity index (χ4n) is 12.8. The molecule has 0 saturated carbocycles. The molecule has 0 bridgehead atoms. The van der Waals surface area contributed by atoms with Gasteiger partial charge in [0, 0.05) is 94.7 Å². The Morgan fingerprint density at radius 1 is 0.431 bits per heavy atom. The number of carboxylic acid groups (broad SMARTS) is 9. The lowest BCUT2D eigenvalue weighted by atomic mass is 9.88. The first kappa shape index (κ1) is 113. The maximum atomic E-state index is 14.5. The largest absolute Gasteiger partial charge is 0.481 e. The highest BCUT2D eigenvalue weighted by molar-refractivity contribution is 7.98. The van der Waals surface area contributed by atoms with Crippen LogP contribution in [-0.4, -0.2) is 310 Å². The zero-order valence-corrected chi connectivity index (χ0v) is 73.9. The van der Waals surface area contributed by atoms with Crippen LogP contribution in [0, 0.1) is 11.3 Å². The molecule has 48 nitrogen and oxygen atoms in total. The average molecular weight is 1870 g/mol. The van der Waals surface area contributed by atoms with Crippen molar-refractivity contribution < 1.29 is 166 Å². The van der Waals surface area contributed by atoms with E-state index in [0.29, 0.717) is 17.7 Å². The number of nitrogens with two attached hydrogens (primary N) is 1. The van der Waals surface area contributed by atoms with Crippen molar-refractivity contribution in [3.8, 4) is 0 Å². The molecule has 724 valence electrons. The Kier molecular flexibility index (Phi) is 50.4. The van der Waals surface area contributed by atoms with E-state index in [0.717, 1.165) is 0 Å². The normalized spacial score (nSPS) is 15.1. The average Bonchev–Trinajstić information content (AvgIpc) is 1.73. The second kappa shape index (κ2) is 57.9. The number of carbonyl (C=O) groups is 24. The number of nitrogens with zero attached hydrogens (tertiary/aromatic N) is 1. The van der Waals surface area contributed by atoms with Gasteiger partial charge in [-0.2, -0.15) is 11.8 Å². The van der Waals surface area contributed by atoms with Gasteiger partial charge in [-0.05, 0) is 120 Å². The maximum Gasteiger partial charge on any atom is 0.303 e. The number of thioether (sulfide) groups is 1. The molecule has 49 heteroatoms. The van der Waals surface area contributed by atoms with Crippen LogP contribution in [0.5, 0.6) is 0 Å². The number of hydrogen-bond acceptors (Lipinski definition) is 27. The Bertz CT molecular complexity index is 4200. The van der Waals surface area contributed by atoms with Crippen molar-refractivity contribution >= 4 is 154 Å². The number of likely N-dealkylation sites (tertiary alicyclic amines) is 1. The van der Waals surface area contributed by atoms with E-state index in [-0.39, 0.29) is 74.1 Å². The Morgan fingerprint density at radius 2 is 0.754 bits per heavy atom. The van der Waals surface area contributed by atoms with Crippen molar-refractivity contribution in [3.63, 3.8) is 0 Å². The Morgan fingerprint density at radius 3 is 1.06 bits per heavy atom. The Hall–Kier alpha value is -12.8. The van der Waals surface area contributed by atoms with Gasteiger partial charge in [0.2, 0.25) is 76.8 Å². The first-order valence-electron chi connectivity index (χ1n) is 41.6. The SMILES string of the molecule is CSC[C@H](NC(=O)CNC(=O)[C@H](CC(C)C)NC(=O)[C@@H]1CCCN1C(=O)COCCCC(=O)[C@H](Cc1ccc(C(C)=O)cc1)NC(=O)[C@@H](CCC(=O)O)NC(=O)[C@@H](CCC(=O)O)NC(=O)[C@@H](CCC(=O)O)NC(=O)[C@@H](CCC(=O)O)NC(=O)[C@@H](CCC(=O)O)NC(=O)[C@@H](CCC(=O)O)NC(=O)[C@@H](CCC(=O)O)NC(=O)[C@@H](CCC(=O)O)NC(=O)[C@H](N)CCC(=O)O)C(C)(C)C. The summed E-state index contributed by atoms with van der Waals surface area (Å²) in [4.78, 5) is 315. The Balaban J connectivity index is 2.54. The van der Waals surface area contributed by atoms with E-state index in [1.165, 1.54) is 36.1 Å². The zero-order valence-electron chi connectivity index (χ0n) is 73.1. The Labute approximate surface area is 750 Å². The van der Waals surface area contributed by atoms with Gasteiger partial charge in [-0.15, -0.1) is 0 Å². The molecule has 1 aromatic rings. The van der Waals surface area contributed by atoms with Crippen LogP contribution in [0.3, 0.4) is 0 Å². The summed E-state index contributed by atoms with van der Waals surface area (Å²) in [5, 5.41) is 114. The fourth-order valence-corrected chi connectivity index (χ4v) is 13.7. The van der Waals surface area contributed by atoms with Crippen molar-refractivity contribution in [2.75, 3.05) is 38.3 Å². The molecule has 1 heterocycles. The van der Waals surface area contributed by atoms with Crippen molar-refractivity contribution in [2.45, 2.75) is 274 Å². The zero-order chi connectivity index (χ0) is 98.4. The highest BCUT2D eigenvalue weighted by Gasteiger charge is 2.40. The lowest BCUT2D eigenvalue weighted by Gasteiger charge is -2.31. The van der Waals surface area contributed by atoms with E-state index in [2.05, 4.69) is 63.8 Å². The van der Waals surface area contributed by atoms with E-state index < -0.39 is 337 Å². The number of aliphatic carboxylic acids is 9. The summed E-state index contributed by atoms with van der Waals surface area (Å²) < 4.78 is 5.68. The molecular formula is C81H120N14O34S. The monoisotopic (exact) mass is 1860 g/mol. The molecule has 1 saturated heterocycles. The summed E-state index contributed by atoms with van der Waals surface area (Å²) in [6.07, 6.45) is -14.0. The summed E-state index contributed by atoms with van der Waals surface area (Å²) >= 11 is 1.54. The molecule has 0 radical (unpaired) electrons. The summed E-state index contributed by atoms with van der Waals surface area (Å²) in [5.41, 5.74) is 6.05. The predicted molar refractivity (Wildman–Crippen MR) is 451 cm³/mol. The minimum atomic E-state index is -2.21. The van der Waals surface area contributed by atoms with Gasteiger partial charge in [0.25, 0.3) is 0 Å². The van der Waals surface area contributed by atoms with Gasteiger partial charge in [-0.3, -0.25) is 115 Å². The number of benzene rings is 1. The first-order chi connectivity index (χ1) is 60.8. The smallest absolute Gasteiger partial charge is 0.303 e. The maximum absolute atomic E-state index is 14.5. The molecule has 1 aliphatic rings. The van der Waals surface area contributed by atoms with Crippen LogP contribution >= 0.6 is 11.8 Å². The lowest BCUT2D eigenvalue weighted by molar-refractivity contribution is -0.143. The second-order valence-corrected chi connectivity index (χ2v) is 33.1. The number of carboxylic acids is 9. The van der Waals surface area contributed by atoms with Crippen LogP contribution in [0.25, 0.3) is 0 Å². The lowest BCUT2D eigenvalue weighted by Crippen LogP contribution is -2.60. The number of ether oxygens (including phenoxy) is 1. The van der Waals surface area contributed by atoms with Crippen molar-refractivity contribution in [1.29, 1.82) is 0 Å². The van der Waals surface area contributed by atoms with E-state index >= 15 is 0 Å². The van der Waals surface area contributed by atoms with Crippen molar-refractivity contribution in [2.24, 2.45) is 17.1 Å². The third-order valence-electron chi connectivity index (χ3n) is 20.0. The molecular weight excluding hydrogens is 1750 g/mol. The number of ketones is 2. The van der Waals surface area contributed by atoms with Crippen LogP contribution in [0.1, 0.15) is 205 Å². The molecule has 0 aromatic heterocycles. The molecule has 0 spiro atoms. The van der Waals surface area contributed by atoms with E-state index in [4.69, 9.17) is 15.6 Å². The number of nitrogens with one attached hydrogen (secondary N) is 12. The van der Waals surface area contributed by atoms with Crippen molar-refractivity contribution in [1.82, 2.24) is 68.7 Å². The standard InChI is InChI=1S/C81H120N14O34S/c1-41(2)36-55(71(119)83-38-59(98)94-58(40-130-7)81(4,5)6)93-80(128)56-10-8-34-95(56)60(99)39-129-35-9-11-57(97)54(37-43-12-14-44(15-13-43)42(3)96)92-79(127)53(24-33-69(116)117)91-78(126)52(23-32-68(114)115)90-77(125)51(22-31-67(112)113)89-76(124)50(21-30-66(110)111)88-75(123)49(20-29-65(108)109)87-74(122)48(19-28-64(106)107)86-73(121)47(18-27-63(104)105)85-72(120)46(17-26-62(102)103)84-70(118)45(82)16-25-61(100)101/h12-15,41,45-56,58H,8-11,16-40,82H2,1-7H3,(H,83,119)(H,84,118)(H,85,120)(H,86,121)(H,87,122)(H,88,123)(H,89,124)(H,90,125)(H,91,126)(H,92,127)(H,93,128)(H,94,98)(H,100,101)(H,102,103)(H,104,105)(H,106,107)(H,108,109)(H,110,111)(H,112,113)(H,114,115)(H,116,117)/t45-,46-,47-,48-,49-,50-,51-,52-,53-,54+,55+,56+,58+/m1/s1. The molecule has 1 aromatic carbocycles.